The lowest BCUT2D eigenvalue weighted by molar-refractivity contribution is 0.597. The fourth-order valence-corrected chi connectivity index (χ4v) is 7.54. The molecule has 2 saturated carbocycles. The topological polar surface area (TPSA) is 142 Å². The summed E-state index contributed by atoms with van der Waals surface area (Å²) < 4.78 is 6.31. The molecule has 4 aromatic carbocycles. The Kier molecular flexibility index (Phi) is 9.11. The molecule has 0 amide bonds. The Labute approximate surface area is 308 Å². The molecule has 7 aromatic rings. The Hall–Kier alpha value is -5.67. The van der Waals surface area contributed by atoms with Gasteiger partial charge in [-0.25, -0.2) is 9.97 Å². The first-order chi connectivity index (χ1) is 25.0. The van der Waals surface area contributed by atoms with Gasteiger partial charge in [0.05, 0.1) is 22.1 Å². The van der Waals surface area contributed by atoms with E-state index in [-0.39, 0.29) is 12.4 Å². The van der Waals surface area contributed by atoms with Crippen LogP contribution in [0.15, 0.2) is 101 Å². The number of H-pyrrole nitrogens is 2. The predicted octanol–water partition coefficient (Wildman–Crippen LogP) is 9.84. The molecule has 6 N–H and O–H groups in total. The van der Waals surface area contributed by atoms with Gasteiger partial charge in [0.15, 0.2) is 0 Å². The van der Waals surface area contributed by atoms with Crippen molar-refractivity contribution < 1.29 is 4.42 Å². The quantitative estimate of drug-likeness (QED) is 0.0688. The summed E-state index contributed by atoms with van der Waals surface area (Å²) in [5.74, 6) is 4.12. The Balaban J connectivity index is 0.00000387. The lowest BCUT2D eigenvalue weighted by Gasteiger charge is -2.14. The van der Waals surface area contributed by atoms with Crippen LogP contribution < -0.4 is 10.6 Å². The summed E-state index contributed by atoms with van der Waals surface area (Å²) in [5.41, 5.74) is 9.27. The molecule has 2 aliphatic carbocycles. The largest absolute Gasteiger partial charge is 0.456 e. The molecule has 10 heteroatoms. The molecule has 262 valence electrons. The molecule has 0 radical (unpaired) electrons. The number of rotatable bonds is 8. The lowest BCUT2D eigenvalue weighted by atomic mass is 10.1. The second-order valence-electron chi connectivity index (χ2n) is 14.0. The molecule has 0 saturated heterocycles. The van der Waals surface area contributed by atoms with E-state index in [1.165, 1.54) is 25.7 Å². The van der Waals surface area contributed by atoms with Crippen LogP contribution in [0.1, 0.15) is 62.5 Å². The van der Waals surface area contributed by atoms with Crippen molar-refractivity contribution in [2.24, 2.45) is 0 Å². The Morgan fingerprint density at radius 3 is 1.33 bits per heavy atom. The molecule has 0 spiro atoms. The summed E-state index contributed by atoms with van der Waals surface area (Å²) in [7, 11) is 0. The number of aromatic nitrogens is 4. The molecule has 0 atom stereocenters. The highest BCUT2D eigenvalue weighted by Crippen LogP contribution is 2.32. The standard InChI is InChI=1S/C42H40N8O.ClH/c43-39(45-31-5-1-2-6-31)29-17-19-33-35(23-29)49-41(47-33)27-13-9-25(10-14-27)37-21-22-38(51-37)26-11-15-28(16-12-26)42-48-34-20-18-30(24-36(34)50-42)40(44)46-32-7-3-4-8-32;/h9-24,31-32H,1-8H2,(H2,43,45)(H2,44,46)(H,47,49)(H,48,50);1H. The van der Waals surface area contributed by atoms with Gasteiger partial charge in [-0.2, -0.15) is 0 Å². The third kappa shape index (κ3) is 6.72. The number of amidine groups is 2. The molecule has 52 heavy (non-hydrogen) atoms. The minimum Gasteiger partial charge on any atom is -0.456 e. The number of benzene rings is 4. The Bertz CT molecular complexity index is 2210. The molecule has 0 bridgehead atoms. The number of furan rings is 1. The Morgan fingerprint density at radius 2 is 0.923 bits per heavy atom. The van der Waals surface area contributed by atoms with Gasteiger partial charge in [-0.1, -0.05) is 74.2 Å². The molecule has 2 aliphatic rings. The van der Waals surface area contributed by atoms with Crippen molar-refractivity contribution in [3.63, 3.8) is 0 Å². The van der Waals surface area contributed by atoms with E-state index in [0.717, 1.165) is 104 Å². The van der Waals surface area contributed by atoms with E-state index in [1.54, 1.807) is 0 Å². The summed E-state index contributed by atoms with van der Waals surface area (Å²) in [6.45, 7) is 0. The fraction of sp³-hybridized carbons (Fsp3) is 0.238. The summed E-state index contributed by atoms with van der Waals surface area (Å²) in [5, 5.41) is 23.8. The summed E-state index contributed by atoms with van der Waals surface area (Å²) >= 11 is 0. The highest BCUT2D eigenvalue weighted by molar-refractivity contribution is 6.00. The van der Waals surface area contributed by atoms with Crippen LogP contribution in [-0.2, 0) is 0 Å². The van der Waals surface area contributed by atoms with E-state index in [2.05, 4.69) is 69.1 Å². The van der Waals surface area contributed by atoms with Gasteiger partial charge < -0.3 is 25.0 Å². The highest BCUT2D eigenvalue weighted by Gasteiger charge is 2.19. The third-order valence-corrected chi connectivity index (χ3v) is 10.4. The molecule has 3 heterocycles. The fourth-order valence-electron chi connectivity index (χ4n) is 7.54. The maximum atomic E-state index is 8.54. The first-order valence-corrected chi connectivity index (χ1v) is 18.0. The molecular weight excluding hydrogens is 668 g/mol. The second-order valence-corrected chi connectivity index (χ2v) is 14.0. The maximum Gasteiger partial charge on any atom is 0.138 e. The van der Waals surface area contributed by atoms with Crippen LogP contribution in [-0.4, -0.2) is 43.7 Å². The molecule has 9 rings (SSSR count). The van der Waals surface area contributed by atoms with E-state index >= 15 is 0 Å². The number of imidazole rings is 2. The van der Waals surface area contributed by atoms with Crippen molar-refractivity contribution in [3.8, 4) is 45.4 Å². The molecule has 2 fully saturated rings. The second kappa shape index (κ2) is 14.2. The van der Waals surface area contributed by atoms with Gasteiger partial charge in [-0.15, -0.1) is 12.4 Å². The van der Waals surface area contributed by atoms with E-state index in [0.29, 0.717) is 23.8 Å². The molecule has 9 nitrogen and oxygen atoms in total. The third-order valence-electron chi connectivity index (χ3n) is 10.4. The molecule has 3 aromatic heterocycles. The number of halogens is 1. The SMILES string of the molecule is Cl.N=C(NC1CCCC1)c1ccc2[nH]c(-c3ccc(-c4ccc(-c5ccc(-c6nc7cc(C(=N)NC8CCCC8)ccc7[nH]6)cc5)o4)cc3)nc2c1. The molecular formula is C42H41ClN8O. The zero-order chi connectivity index (χ0) is 34.3. The zero-order valence-electron chi connectivity index (χ0n) is 28.8. The van der Waals surface area contributed by atoms with E-state index < -0.39 is 0 Å². The maximum absolute atomic E-state index is 8.54. The van der Waals surface area contributed by atoms with Gasteiger partial charge in [0.2, 0.25) is 0 Å². The average molecular weight is 709 g/mol. The van der Waals surface area contributed by atoms with Crippen LogP contribution in [0.25, 0.3) is 67.5 Å². The highest BCUT2D eigenvalue weighted by atomic mass is 35.5. The average Bonchev–Trinajstić information content (AvgIpc) is 4.01. The van der Waals surface area contributed by atoms with Crippen molar-refractivity contribution in [1.82, 2.24) is 30.6 Å². The number of nitrogens with zero attached hydrogens (tertiary/aromatic N) is 2. The van der Waals surface area contributed by atoms with Crippen LogP contribution in [0.3, 0.4) is 0 Å². The number of hydrogen-bond acceptors (Lipinski definition) is 5. The number of fused-ring (bicyclic) bond motifs is 2. The Morgan fingerprint density at radius 1 is 0.538 bits per heavy atom. The van der Waals surface area contributed by atoms with E-state index in [4.69, 9.17) is 25.2 Å². The number of nitrogens with one attached hydrogen (secondary N) is 6. The predicted molar refractivity (Wildman–Crippen MR) is 211 cm³/mol. The zero-order valence-corrected chi connectivity index (χ0v) is 29.6. The summed E-state index contributed by atoms with van der Waals surface area (Å²) in [6, 6.07) is 33.2. The van der Waals surface area contributed by atoms with Crippen molar-refractivity contribution in [3.05, 3.63) is 108 Å². The van der Waals surface area contributed by atoms with Gasteiger partial charge in [0, 0.05) is 45.5 Å². The van der Waals surface area contributed by atoms with E-state index in [9.17, 15) is 0 Å². The smallest absolute Gasteiger partial charge is 0.138 e. The van der Waals surface area contributed by atoms with Gasteiger partial charge >= 0.3 is 0 Å². The monoisotopic (exact) mass is 708 g/mol. The van der Waals surface area contributed by atoms with Crippen molar-refractivity contribution >= 4 is 46.1 Å². The number of hydrogen-bond donors (Lipinski definition) is 6. The van der Waals surface area contributed by atoms with Crippen LogP contribution in [0.4, 0.5) is 0 Å². The van der Waals surface area contributed by atoms with Crippen LogP contribution >= 0.6 is 12.4 Å². The summed E-state index contributed by atoms with van der Waals surface area (Å²) in [6.07, 6.45) is 9.49. The lowest BCUT2D eigenvalue weighted by Crippen LogP contribution is -2.32. The van der Waals surface area contributed by atoms with Gasteiger partial charge in [0.1, 0.15) is 34.8 Å². The molecule has 0 aliphatic heterocycles. The first-order valence-electron chi connectivity index (χ1n) is 18.0. The van der Waals surface area contributed by atoms with Gasteiger partial charge in [0.25, 0.3) is 0 Å². The van der Waals surface area contributed by atoms with E-state index in [1.807, 2.05) is 48.5 Å². The molecule has 0 unspecified atom stereocenters. The summed E-state index contributed by atoms with van der Waals surface area (Å²) in [4.78, 5) is 16.6. The van der Waals surface area contributed by atoms with Crippen molar-refractivity contribution in [2.45, 2.75) is 63.5 Å². The normalized spacial score (nSPS) is 14.9. The van der Waals surface area contributed by atoms with Crippen molar-refractivity contribution in [1.29, 1.82) is 10.8 Å². The van der Waals surface area contributed by atoms with Crippen molar-refractivity contribution in [2.75, 3.05) is 0 Å². The van der Waals surface area contributed by atoms with Crippen LogP contribution in [0.5, 0.6) is 0 Å². The van der Waals surface area contributed by atoms with Crippen LogP contribution in [0.2, 0.25) is 0 Å². The first kappa shape index (κ1) is 33.5. The van der Waals surface area contributed by atoms with Gasteiger partial charge in [-0.3, -0.25) is 10.8 Å². The van der Waals surface area contributed by atoms with Crippen LogP contribution in [0, 0.1) is 10.8 Å². The minimum atomic E-state index is 0. The van der Waals surface area contributed by atoms with Gasteiger partial charge in [-0.05, 0) is 74.2 Å². The minimum absolute atomic E-state index is 0. The number of aromatic amines is 2.